The number of nitrogens with two attached hydrogens (primary N) is 1. The number of nitrogens with one attached hydrogen (secondary N) is 3. The highest BCUT2D eigenvalue weighted by Crippen LogP contribution is 2.46. The van der Waals surface area contributed by atoms with Crippen LogP contribution >= 0.6 is 24.1 Å². The molecule has 0 saturated heterocycles. The van der Waals surface area contributed by atoms with Crippen molar-refractivity contribution in [3.63, 3.8) is 0 Å². The van der Waals surface area contributed by atoms with Crippen LogP contribution in [0.5, 0.6) is 5.75 Å². The minimum absolute atomic E-state index is 0.00410. The second-order valence-corrected chi connectivity index (χ2v) is 22.5. The van der Waals surface area contributed by atoms with Gasteiger partial charge in [0.2, 0.25) is 17.8 Å². The van der Waals surface area contributed by atoms with E-state index >= 15 is 0 Å². The highest BCUT2D eigenvalue weighted by atomic mass is 32.3. The molecule has 0 amide bonds. The van der Waals surface area contributed by atoms with Crippen LogP contribution in [0, 0.1) is 0 Å². The van der Waals surface area contributed by atoms with Gasteiger partial charge in [0.25, 0.3) is 10.1 Å². The first-order valence-electron chi connectivity index (χ1n) is 18.0. The summed E-state index contributed by atoms with van der Waals surface area (Å²) in [6.07, 6.45) is 0. The van der Waals surface area contributed by atoms with Crippen LogP contribution in [0.1, 0.15) is 0 Å². The summed E-state index contributed by atoms with van der Waals surface area (Å²) in [6.45, 7) is -2.26. The minimum atomic E-state index is -5.16. The van der Waals surface area contributed by atoms with E-state index in [0.29, 0.717) is 24.1 Å². The smallest absolute Gasteiger partial charge is 0.397 e. The summed E-state index contributed by atoms with van der Waals surface area (Å²) in [7, 11) is -23.3. The first-order chi connectivity index (χ1) is 32.3. The number of anilines is 6. The number of benzene rings is 4. The highest BCUT2D eigenvalue weighted by molar-refractivity contribution is 7.95. The van der Waals surface area contributed by atoms with Crippen LogP contribution in [0.15, 0.2) is 90.5 Å². The van der Waals surface area contributed by atoms with Gasteiger partial charge in [0, 0.05) is 22.8 Å². The Morgan fingerprint density at radius 3 is 1.91 bits per heavy atom. The van der Waals surface area contributed by atoms with Crippen molar-refractivity contribution in [1.29, 1.82) is 0 Å². The number of rotatable bonds is 26. The number of sulfone groups is 2. The molecule has 5 rings (SSSR count). The van der Waals surface area contributed by atoms with Crippen molar-refractivity contribution in [3.05, 3.63) is 60.7 Å². The van der Waals surface area contributed by atoms with Gasteiger partial charge in [-0.25, -0.2) is 35.7 Å². The van der Waals surface area contributed by atoms with Crippen LogP contribution in [0.3, 0.4) is 0 Å². The zero-order valence-corrected chi connectivity index (χ0v) is 39.6. The molecule has 11 N–H and O–H groups in total. The summed E-state index contributed by atoms with van der Waals surface area (Å²) < 4.78 is 165. The van der Waals surface area contributed by atoms with Gasteiger partial charge in [-0.3, -0.25) is 13.7 Å². The Balaban J connectivity index is 1.50. The van der Waals surface area contributed by atoms with Gasteiger partial charge in [-0.05, 0) is 60.0 Å². The Kier molecular flexibility index (Phi) is 18.3. The topological polar surface area (TPSA) is 473 Å². The Morgan fingerprint density at radius 1 is 0.681 bits per heavy atom. The van der Waals surface area contributed by atoms with Gasteiger partial charge in [-0.2, -0.15) is 40.2 Å². The van der Waals surface area contributed by atoms with Gasteiger partial charge in [0.1, 0.15) is 22.0 Å². The molecule has 69 heavy (non-hydrogen) atoms. The fraction of sp³-hybridized carbons (Fsp3) is 0.194. The van der Waals surface area contributed by atoms with Crippen LogP contribution in [0.4, 0.5) is 46.3 Å². The Bertz CT molecular complexity index is 3300. The third-order valence-electron chi connectivity index (χ3n) is 8.22. The normalized spacial score (nSPS) is 12.7. The van der Waals surface area contributed by atoms with Crippen molar-refractivity contribution < 1.29 is 98.5 Å². The molecule has 376 valence electrons. The number of hydrogen-bond donors (Lipinski definition) is 10. The number of azo groups is 1. The predicted octanol–water partition coefficient (Wildman–Crippen LogP) is 3.56. The maximum Gasteiger partial charge on any atom is 0.397 e. The molecule has 0 radical (unpaired) electrons. The summed E-state index contributed by atoms with van der Waals surface area (Å²) in [5.74, 6) is -3.99. The fourth-order valence-electron chi connectivity index (χ4n) is 5.42. The molecule has 0 spiro atoms. The number of phenolic OH excluding ortho intramolecular Hbond substituents is 1. The second-order valence-electron chi connectivity index (χ2n) is 13.0. The predicted molar refractivity (Wildman–Crippen MR) is 239 cm³/mol. The molecule has 1 aromatic heterocycles. The molecule has 0 saturated carbocycles. The molecule has 4 aromatic carbocycles. The van der Waals surface area contributed by atoms with Crippen molar-refractivity contribution in [3.8, 4) is 5.75 Å². The van der Waals surface area contributed by atoms with Gasteiger partial charge >= 0.3 is 20.8 Å². The van der Waals surface area contributed by atoms with E-state index < -0.39 is 110 Å². The third kappa shape index (κ3) is 16.7. The number of hydrogen-bond acceptors (Lipinski definition) is 30. The van der Waals surface area contributed by atoms with Crippen LogP contribution in [-0.4, -0.2) is 123 Å². The number of aromatic hydroxyl groups is 1. The lowest BCUT2D eigenvalue weighted by Gasteiger charge is -2.13. The van der Waals surface area contributed by atoms with E-state index in [0.717, 1.165) is 30.3 Å². The van der Waals surface area contributed by atoms with Gasteiger partial charge in [0.15, 0.2) is 19.7 Å². The number of aromatic nitrogens is 3. The van der Waals surface area contributed by atoms with Crippen molar-refractivity contribution in [2.45, 2.75) is 19.6 Å². The van der Waals surface area contributed by atoms with E-state index in [-0.39, 0.29) is 60.1 Å². The molecule has 0 aliphatic heterocycles. The maximum atomic E-state index is 12.9. The summed E-state index contributed by atoms with van der Waals surface area (Å²) in [4.78, 5) is 11.4. The lowest BCUT2D eigenvalue weighted by Crippen LogP contribution is -2.22. The summed E-state index contributed by atoms with van der Waals surface area (Å²) in [5, 5.41) is 51.5. The zero-order chi connectivity index (χ0) is 50.8. The van der Waals surface area contributed by atoms with Crippen LogP contribution in [0.2, 0.25) is 0 Å². The number of fused-ring (bicyclic) bond motifs is 1. The van der Waals surface area contributed by atoms with Crippen LogP contribution in [-0.2, 0) is 77.7 Å². The molecule has 0 aliphatic carbocycles. The maximum absolute atomic E-state index is 12.9. The Morgan fingerprint density at radius 2 is 1.29 bits per heavy atom. The fourth-order valence-corrected chi connectivity index (χ4v) is 9.86. The minimum Gasteiger partial charge on any atom is -0.507 e. The SMILES string of the molecule is Nc1c(SOOO)cc2cc(SOOO)cc(O)c2c1N=Nc1ccc(Nc2nc(NCCS(=O)(=O)CCOS(=O)(=O)O)nc(Nc3cccc(S(=O)(=O)CCOS(=O)(=O)O)c3)n2)cc1S(=O)(=O)O. The van der Waals surface area contributed by atoms with E-state index in [4.69, 9.17) is 25.4 Å². The first-order valence-corrected chi connectivity index (χ1v) is 27.1. The second kappa shape index (κ2) is 23.1. The van der Waals surface area contributed by atoms with Crippen molar-refractivity contribution in [1.82, 2.24) is 15.0 Å². The lowest BCUT2D eigenvalue weighted by molar-refractivity contribution is -0.432. The Hall–Kier alpha value is -5.24. The molecule has 0 fully saturated rings. The standard InChI is InChI=1S/C31H33N9O22S7/c32-27-24(64-62-60-43)13-17-12-20(63-61-59-42)16-23(41)26(17)28(27)40-39-22-5-4-19(15-25(22)67(48,49)50)35-31-37-29(33-6-9-65(44,45)10-7-57-68(51,52)53)36-30(38-31)34-18-2-1-3-21(14-18)66(46,47)11-8-58-69(54,55)56/h1-5,12-16,41-43H,6-11,32H2,(H,48,49,50)(H,51,52,53)(H,54,55,56)(H3,33,34,35,36,37,38). The summed E-state index contributed by atoms with van der Waals surface area (Å²) >= 11 is 0.872. The molecule has 31 nitrogen and oxygen atoms in total. The average Bonchev–Trinajstić information content (AvgIpc) is 3.23. The Labute approximate surface area is 398 Å². The molecule has 38 heteroatoms. The largest absolute Gasteiger partial charge is 0.507 e. The lowest BCUT2D eigenvalue weighted by atomic mass is 10.1. The van der Waals surface area contributed by atoms with Crippen LogP contribution in [0.25, 0.3) is 10.8 Å². The van der Waals surface area contributed by atoms with Crippen LogP contribution < -0.4 is 21.7 Å². The van der Waals surface area contributed by atoms with Gasteiger partial charge in [-0.15, -0.1) is 18.9 Å². The highest BCUT2D eigenvalue weighted by Gasteiger charge is 2.22. The van der Waals surface area contributed by atoms with E-state index in [1.165, 1.54) is 30.3 Å². The summed E-state index contributed by atoms with van der Waals surface area (Å²) in [6, 6.07) is 11.9. The zero-order valence-electron chi connectivity index (χ0n) is 33.9. The molecule has 0 bridgehead atoms. The number of nitrogens with zero attached hydrogens (tertiary/aromatic N) is 5. The quantitative estimate of drug-likeness (QED) is 0.00945. The molecule has 1 heterocycles. The van der Waals surface area contributed by atoms with Gasteiger partial charge < -0.3 is 26.8 Å². The van der Waals surface area contributed by atoms with E-state index in [2.05, 4.69) is 68.2 Å². The van der Waals surface area contributed by atoms with E-state index in [9.17, 15) is 51.7 Å². The van der Waals surface area contributed by atoms with Gasteiger partial charge in [-0.1, -0.05) is 16.1 Å². The van der Waals surface area contributed by atoms with E-state index in [1.54, 1.807) is 0 Å². The van der Waals surface area contributed by atoms with E-state index in [1.807, 2.05) is 0 Å². The monoisotopic (exact) mass is 1110 g/mol. The molecular formula is C31H33N9O22S7. The molecule has 0 atom stereocenters. The van der Waals surface area contributed by atoms with Crippen molar-refractivity contribution in [2.24, 2.45) is 10.2 Å². The third-order valence-corrected chi connectivity index (χ3v) is 14.5. The first kappa shape index (κ1) is 54.7. The molecule has 5 aromatic rings. The van der Waals surface area contributed by atoms with Crippen molar-refractivity contribution in [2.75, 3.05) is 58.7 Å². The average molecular weight is 1110 g/mol. The molecular weight excluding hydrogens is 1070 g/mol. The summed E-state index contributed by atoms with van der Waals surface area (Å²) in [5.41, 5.74) is 5.09. The van der Waals surface area contributed by atoms with Gasteiger partial charge in [0.05, 0.1) is 75.4 Å². The number of nitrogen functional groups attached to an aromatic ring is 1. The number of phenols is 1. The molecule has 0 unspecified atom stereocenters. The molecule has 0 aliphatic rings. The van der Waals surface area contributed by atoms with Crippen molar-refractivity contribution >= 4 is 132 Å².